The normalized spacial score (nSPS) is 24.8. The molecule has 4 atom stereocenters. The van der Waals surface area contributed by atoms with Gasteiger partial charge < -0.3 is 29.1 Å². The summed E-state index contributed by atoms with van der Waals surface area (Å²) in [5.41, 5.74) is 0.0832. The van der Waals surface area contributed by atoms with Crippen LogP contribution in [0.1, 0.15) is 103 Å². The van der Waals surface area contributed by atoms with Gasteiger partial charge in [-0.25, -0.2) is 68.8 Å². The molecule has 386 valence electrons. The molecule has 9 rings (SSSR count). The van der Waals surface area contributed by atoms with Crippen LogP contribution in [-0.2, 0) is 35.3 Å². The Bertz CT molecular complexity index is 2250. The summed E-state index contributed by atoms with van der Waals surface area (Å²) in [6, 6.07) is 3.89. The number of hydrogen-bond acceptors (Lipinski definition) is 11. The van der Waals surface area contributed by atoms with Crippen LogP contribution in [0.25, 0.3) is 0 Å². The van der Waals surface area contributed by atoms with Crippen molar-refractivity contribution in [2.45, 2.75) is 134 Å². The number of amides is 12. The molecule has 0 N–H and O–H groups in total. The molecule has 8 fully saturated rings. The van der Waals surface area contributed by atoms with E-state index in [4.69, 9.17) is 9.47 Å². The second kappa shape index (κ2) is 20.7. The molecule has 1 aromatic carbocycles. The molecule has 0 aliphatic carbocycles. The summed E-state index contributed by atoms with van der Waals surface area (Å²) in [7, 11) is 0. The van der Waals surface area contributed by atoms with E-state index >= 15 is 0 Å². The number of carbonyl (C=O) groups is 9. The lowest BCUT2D eigenvalue weighted by Gasteiger charge is -2.39. The van der Waals surface area contributed by atoms with Crippen molar-refractivity contribution in [3.63, 3.8) is 0 Å². The maximum Gasteiger partial charge on any atom is 0.429 e. The molecule has 8 aliphatic heterocycles. The van der Waals surface area contributed by atoms with Gasteiger partial charge in [-0.15, -0.1) is 0 Å². The Balaban J connectivity index is 0.819. The van der Waals surface area contributed by atoms with Crippen LogP contribution in [-0.4, -0.2) is 222 Å². The molecule has 0 spiro atoms. The molecule has 1 aromatic rings. The minimum atomic E-state index is -0.906. The molecular formula is C48H68N12O11. The summed E-state index contributed by atoms with van der Waals surface area (Å²) in [4.78, 5) is 133. The molecule has 0 radical (unpaired) electrons. The van der Waals surface area contributed by atoms with Crippen molar-refractivity contribution in [3.8, 4) is 0 Å². The van der Waals surface area contributed by atoms with E-state index in [0.717, 1.165) is 5.56 Å². The third-order valence-electron chi connectivity index (χ3n) is 14.7. The van der Waals surface area contributed by atoms with Crippen molar-refractivity contribution >= 4 is 53.9 Å². The van der Waals surface area contributed by atoms with Gasteiger partial charge in [0.15, 0.2) is 0 Å². The minimum absolute atomic E-state index is 0.0476. The topological polar surface area (TPSA) is 211 Å². The largest absolute Gasteiger partial charge is 0.458 e. The number of ether oxygens (including phenoxy) is 2. The van der Waals surface area contributed by atoms with Gasteiger partial charge in [0.05, 0.1) is 0 Å². The third kappa shape index (κ3) is 9.92. The van der Waals surface area contributed by atoms with E-state index in [9.17, 15) is 43.2 Å². The van der Waals surface area contributed by atoms with Crippen molar-refractivity contribution in [3.05, 3.63) is 35.9 Å². The lowest BCUT2D eigenvalue weighted by molar-refractivity contribution is -0.160. The lowest BCUT2D eigenvalue weighted by Crippen LogP contribution is -2.61. The zero-order valence-electron chi connectivity index (χ0n) is 41.2. The molecule has 0 saturated carbocycles. The average Bonchev–Trinajstić information content (AvgIpc) is 4.21. The number of benzene rings is 1. The zero-order valence-corrected chi connectivity index (χ0v) is 41.2. The molecule has 0 bridgehead atoms. The van der Waals surface area contributed by atoms with Gasteiger partial charge in [0, 0.05) is 78.5 Å². The van der Waals surface area contributed by atoms with E-state index in [1.54, 1.807) is 20.8 Å². The minimum Gasteiger partial charge on any atom is -0.458 e. The van der Waals surface area contributed by atoms with Crippen molar-refractivity contribution in [1.29, 1.82) is 0 Å². The number of nitrogens with zero attached hydrogens (tertiary/aromatic N) is 12. The Morgan fingerprint density at radius 3 is 1.13 bits per heavy atom. The number of carbonyl (C=O) groups excluding carboxylic acids is 9. The Morgan fingerprint density at radius 1 is 0.423 bits per heavy atom. The highest BCUT2D eigenvalue weighted by molar-refractivity contribution is 5.94. The van der Waals surface area contributed by atoms with Gasteiger partial charge in [-0.05, 0) is 103 Å². The predicted octanol–water partition coefficient (Wildman–Crippen LogP) is 3.27. The van der Waals surface area contributed by atoms with Crippen molar-refractivity contribution in [2.24, 2.45) is 0 Å². The number of likely N-dealkylation sites (tertiary alicyclic amines) is 4. The fraction of sp³-hybridized carbons (Fsp3) is 0.688. The molecule has 12 amide bonds. The van der Waals surface area contributed by atoms with Gasteiger partial charge in [-0.3, -0.25) is 14.4 Å². The summed E-state index contributed by atoms with van der Waals surface area (Å²) in [6.45, 7) is 8.62. The fourth-order valence-electron chi connectivity index (χ4n) is 11.4. The van der Waals surface area contributed by atoms with E-state index in [0.29, 0.717) is 96.7 Å². The molecular weight excluding hydrogens is 921 g/mol. The second-order valence-electron chi connectivity index (χ2n) is 20.5. The molecule has 8 heterocycles. The van der Waals surface area contributed by atoms with Gasteiger partial charge in [0.2, 0.25) is 0 Å². The molecule has 8 saturated heterocycles. The van der Waals surface area contributed by atoms with Crippen molar-refractivity contribution in [2.75, 3.05) is 78.5 Å². The number of rotatable bonds is 6. The van der Waals surface area contributed by atoms with Crippen LogP contribution in [0.4, 0.5) is 24.0 Å². The van der Waals surface area contributed by atoms with Gasteiger partial charge in [-0.2, -0.15) is 0 Å². The summed E-state index contributed by atoms with van der Waals surface area (Å²) < 4.78 is 11.1. The average molecular weight is 989 g/mol. The maximum atomic E-state index is 14.6. The number of urea groups is 4. The van der Waals surface area contributed by atoms with Crippen LogP contribution in [0, 0.1) is 0 Å². The molecule has 71 heavy (non-hydrogen) atoms. The van der Waals surface area contributed by atoms with Crippen molar-refractivity contribution < 1.29 is 52.6 Å². The first-order valence-corrected chi connectivity index (χ1v) is 25.6. The summed E-state index contributed by atoms with van der Waals surface area (Å²) in [6.07, 6.45) is 5.23. The Labute approximate surface area is 413 Å². The molecule has 23 heteroatoms. The Kier molecular flexibility index (Phi) is 14.4. The first-order chi connectivity index (χ1) is 34.1. The van der Waals surface area contributed by atoms with E-state index in [1.165, 1.54) is 59.7 Å². The highest BCUT2D eigenvalue weighted by atomic mass is 16.6. The van der Waals surface area contributed by atoms with E-state index in [-0.39, 0.29) is 65.5 Å². The fourth-order valence-corrected chi connectivity index (χ4v) is 11.4. The van der Waals surface area contributed by atoms with Crippen LogP contribution in [0.2, 0.25) is 0 Å². The van der Waals surface area contributed by atoms with Gasteiger partial charge in [-0.1, -0.05) is 30.3 Å². The van der Waals surface area contributed by atoms with Crippen LogP contribution in [0.15, 0.2) is 30.3 Å². The Morgan fingerprint density at radius 2 is 0.746 bits per heavy atom. The van der Waals surface area contributed by atoms with Gasteiger partial charge >= 0.3 is 36.2 Å². The maximum absolute atomic E-state index is 14.6. The lowest BCUT2D eigenvalue weighted by atomic mass is 10.1. The van der Waals surface area contributed by atoms with Gasteiger partial charge in [0.1, 0.15) is 36.4 Å². The molecule has 23 nitrogen and oxygen atoms in total. The van der Waals surface area contributed by atoms with E-state index in [1.807, 2.05) is 30.3 Å². The summed E-state index contributed by atoms with van der Waals surface area (Å²) >= 11 is 0. The number of hydrogen-bond donors (Lipinski definition) is 0. The highest BCUT2D eigenvalue weighted by Gasteiger charge is 2.50. The highest BCUT2D eigenvalue weighted by Crippen LogP contribution is 2.32. The second-order valence-corrected chi connectivity index (χ2v) is 20.5. The van der Waals surface area contributed by atoms with Crippen LogP contribution < -0.4 is 0 Å². The molecule has 0 aromatic heterocycles. The monoisotopic (exact) mass is 989 g/mol. The van der Waals surface area contributed by atoms with Crippen molar-refractivity contribution in [1.82, 2.24) is 59.7 Å². The summed E-state index contributed by atoms with van der Waals surface area (Å²) in [5.74, 6) is -1.71. The number of esters is 1. The van der Waals surface area contributed by atoms with E-state index < -0.39 is 83.7 Å². The van der Waals surface area contributed by atoms with Crippen LogP contribution in [0.3, 0.4) is 0 Å². The first kappa shape index (κ1) is 49.4. The molecule has 0 unspecified atom stereocenters. The van der Waals surface area contributed by atoms with E-state index in [2.05, 4.69) is 0 Å². The third-order valence-corrected chi connectivity index (χ3v) is 14.7. The standard InChI is InChI=1S/C48H68N12O11/c1-48(2,3)71-42(64)38-20-10-24-52(38)46(68)58-30-13-27-55(58)40(62)36-18-8-22-50(36)44(66)56-28-11-25-53(56)39(61)35-17-7-21-49(35)43(65)57-29-12-26-54(57)41(63)37-19-9-23-51(37)45(67)59-31-14-32-60(59)47(69)70-33-34-15-5-4-6-16-34/h4-6,15-16,35-38H,7-14,17-33H2,1-3H3/t35-,36-,37-,38-/m0/s1. The SMILES string of the molecule is CC(C)(C)OC(=O)[C@@H]1CCCN1C(=O)N1CCCN1C(=O)[C@@H]1CCCN1C(=O)N1CCCN1C(=O)[C@@H]1CCCN1C(=O)N1CCCN1C(=O)[C@@H]1CCCN1C(=O)N1CCCN1C(=O)OCc1ccccc1. The molecule has 8 aliphatic rings. The van der Waals surface area contributed by atoms with Crippen LogP contribution in [0.5, 0.6) is 0 Å². The van der Waals surface area contributed by atoms with Crippen LogP contribution >= 0.6 is 0 Å². The van der Waals surface area contributed by atoms with Gasteiger partial charge in [0.25, 0.3) is 17.7 Å². The summed E-state index contributed by atoms with van der Waals surface area (Å²) in [5, 5.41) is 10.9. The Hall–Kier alpha value is -6.55. The zero-order chi connectivity index (χ0) is 50.1. The first-order valence-electron chi connectivity index (χ1n) is 25.6. The number of hydrazine groups is 4. The smallest absolute Gasteiger partial charge is 0.429 e. The predicted molar refractivity (Wildman–Crippen MR) is 250 cm³/mol. The quantitative estimate of drug-likeness (QED) is 0.378.